The molecule has 0 unspecified atom stereocenters. The van der Waals surface area contributed by atoms with E-state index in [9.17, 15) is 24.6 Å². The van der Waals surface area contributed by atoms with Gasteiger partial charge in [-0.3, -0.25) is 14.4 Å². The first-order chi connectivity index (χ1) is 14.8. The molecule has 0 aliphatic heterocycles. The van der Waals surface area contributed by atoms with Crippen molar-refractivity contribution < 1.29 is 29.3 Å². The van der Waals surface area contributed by atoms with Gasteiger partial charge in [0, 0.05) is 16.7 Å². The third-order valence-electron chi connectivity index (χ3n) is 9.25. The maximum absolute atomic E-state index is 13.1. The lowest BCUT2D eigenvalue weighted by molar-refractivity contribution is -0.183. The van der Waals surface area contributed by atoms with Crippen molar-refractivity contribution in [2.45, 2.75) is 72.0 Å². The summed E-state index contributed by atoms with van der Waals surface area (Å²) in [5, 5.41) is 23.1. The van der Waals surface area contributed by atoms with E-state index in [4.69, 9.17) is 4.74 Å². The van der Waals surface area contributed by atoms with Crippen LogP contribution in [0.25, 0.3) is 0 Å². The number of ketones is 2. The predicted octanol–water partition coefficient (Wildman–Crippen LogP) is 3.01. The van der Waals surface area contributed by atoms with Gasteiger partial charge in [0.05, 0.1) is 12.0 Å². The number of hydrogen-bond donors (Lipinski definition) is 2. The molecule has 8 atom stereocenters. The Balaban J connectivity index is 1.64. The van der Waals surface area contributed by atoms with Crippen LogP contribution in [0, 0.1) is 40.4 Å². The number of hydrogen-bond acceptors (Lipinski definition) is 6. The second-order valence-corrected chi connectivity index (χ2v) is 11.3. The molecule has 0 amide bonds. The lowest BCUT2D eigenvalue weighted by atomic mass is 9.45. The van der Waals surface area contributed by atoms with Crippen LogP contribution in [0.3, 0.4) is 0 Å². The summed E-state index contributed by atoms with van der Waals surface area (Å²) in [5.74, 6) is -0.974. The molecular formula is C26H36O6. The number of fused-ring (bicyclic) bond motifs is 5. The summed E-state index contributed by atoms with van der Waals surface area (Å²) in [4.78, 5) is 37.1. The van der Waals surface area contributed by atoms with Gasteiger partial charge in [0.25, 0.3) is 0 Å². The van der Waals surface area contributed by atoms with Gasteiger partial charge >= 0.3 is 5.97 Å². The highest BCUT2D eigenvalue weighted by Crippen LogP contribution is 2.67. The van der Waals surface area contributed by atoms with Gasteiger partial charge in [0.2, 0.25) is 5.78 Å². The first-order valence-corrected chi connectivity index (χ1v) is 11.9. The number of allylic oxidation sites excluding steroid dienone is 4. The molecule has 0 bridgehead atoms. The van der Waals surface area contributed by atoms with E-state index in [1.807, 2.05) is 13.0 Å². The third-order valence-corrected chi connectivity index (χ3v) is 9.25. The van der Waals surface area contributed by atoms with Gasteiger partial charge in [0.15, 0.2) is 12.4 Å². The van der Waals surface area contributed by atoms with Gasteiger partial charge in [-0.15, -0.1) is 0 Å². The molecule has 6 heteroatoms. The van der Waals surface area contributed by atoms with Crippen LogP contribution in [0.4, 0.5) is 0 Å². The Morgan fingerprint density at radius 2 is 1.97 bits per heavy atom. The van der Waals surface area contributed by atoms with Crippen molar-refractivity contribution in [1.82, 2.24) is 0 Å². The molecule has 0 aromatic carbocycles. The largest absolute Gasteiger partial charge is 0.457 e. The van der Waals surface area contributed by atoms with Gasteiger partial charge in [0.1, 0.15) is 5.60 Å². The van der Waals surface area contributed by atoms with Crippen molar-refractivity contribution in [2.75, 3.05) is 6.61 Å². The molecule has 6 nitrogen and oxygen atoms in total. The maximum Gasteiger partial charge on any atom is 0.308 e. The highest BCUT2D eigenvalue weighted by molar-refractivity contribution is 6.01. The van der Waals surface area contributed by atoms with Crippen molar-refractivity contribution in [3.63, 3.8) is 0 Å². The zero-order valence-electron chi connectivity index (χ0n) is 19.8. The van der Waals surface area contributed by atoms with E-state index in [0.29, 0.717) is 19.3 Å². The summed E-state index contributed by atoms with van der Waals surface area (Å²) >= 11 is 0. The van der Waals surface area contributed by atoms with Crippen LogP contribution in [0.5, 0.6) is 0 Å². The van der Waals surface area contributed by atoms with Gasteiger partial charge in [-0.05, 0) is 55.6 Å². The topological polar surface area (TPSA) is 101 Å². The number of carbonyl (C=O) groups excluding carboxylic acids is 3. The molecule has 0 aromatic heterocycles. The summed E-state index contributed by atoms with van der Waals surface area (Å²) in [6, 6.07) is 0. The monoisotopic (exact) mass is 444 g/mol. The highest BCUT2D eigenvalue weighted by atomic mass is 16.5. The number of Topliss-reactive ketones (excluding diaryl/α,β-unsaturated/α-hetero) is 1. The Morgan fingerprint density at radius 1 is 1.28 bits per heavy atom. The van der Waals surface area contributed by atoms with Crippen molar-refractivity contribution in [3.05, 3.63) is 23.8 Å². The van der Waals surface area contributed by atoms with E-state index in [1.165, 1.54) is 0 Å². The first-order valence-electron chi connectivity index (χ1n) is 11.9. The summed E-state index contributed by atoms with van der Waals surface area (Å²) in [6.45, 7) is 9.12. The van der Waals surface area contributed by atoms with Gasteiger partial charge in [-0.1, -0.05) is 46.3 Å². The van der Waals surface area contributed by atoms with Crippen molar-refractivity contribution in [1.29, 1.82) is 0 Å². The Morgan fingerprint density at radius 3 is 2.62 bits per heavy atom. The van der Waals surface area contributed by atoms with Gasteiger partial charge in [-0.25, -0.2) is 0 Å². The standard InChI is InChI=1S/C26H36O6/c1-14(2)23(30)32-13-21(29)26(31)9-7-18-17-10-15(3)19-11-16(27)6-8-24(19,4)22(17)20(28)12-25(18,26)5/h6,8,11,14-15,17-18,20,22,28,31H,7,9-10,12-13H2,1-5H3/t15-,17-,18-,20-,22+,24-,25-,26-/m0/s1. The number of ether oxygens (including phenoxy) is 1. The normalized spacial score (nSPS) is 45.1. The molecule has 4 aliphatic rings. The Kier molecular flexibility index (Phi) is 5.57. The van der Waals surface area contributed by atoms with Crippen LogP contribution in [0.15, 0.2) is 23.8 Å². The molecular weight excluding hydrogens is 408 g/mol. The third kappa shape index (κ3) is 3.17. The van der Waals surface area contributed by atoms with E-state index < -0.39 is 40.9 Å². The second-order valence-electron chi connectivity index (χ2n) is 11.3. The number of aliphatic hydroxyl groups excluding tert-OH is 1. The molecule has 0 heterocycles. The van der Waals surface area contributed by atoms with E-state index in [-0.39, 0.29) is 35.4 Å². The van der Waals surface area contributed by atoms with E-state index in [1.54, 1.807) is 26.0 Å². The first kappa shape index (κ1) is 23.4. The lowest BCUT2D eigenvalue weighted by Gasteiger charge is -2.60. The van der Waals surface area contributed by atoms with Crippen molar-refractivity contribution >= 4 is 17.5 Å². The quantitative estimate of drug-likeness (QED) is 0.647. The second kappa shape index (κ2) is 7.63. The molecule has 4 rings (SSSR count). The minimum absolute atomic E-state index is 0.00491. The molecule has 0 spiro atoms. The van der Waals surface area contributed by atoms with Crippen LogP contribution in [0.2, 0.25) is 0 Å². The van der Waals surface area contributed by atoms with E-state index in [0.717, 1.165) is 12.0 Å². The molecule has 176 valence electrons. The smallest absolute Gasteiger partial charge is 0.308 e. The van der Waals surface area contributed by atoms with Crippen LogP contribution >= 0.6 is 0 Å². The summed E-state index contributed by atoms with van der Waals surface area (Å²) in [7, 11) is 0. The molecule has 0 radical (unpaired) electrons. The SMILES string of the molecule is CC(C)C(=O)OCC(=O)[C@@]1(O)CC[C@H]2[C@@H]3C[C@H](C)C4=CC(=O)C=C[C@]4(C)[C@H]3[C@@H](O)C[C@@]21C. The fourth-order valence-electron chi connectivity index (χ4n) is 7.64. The zero-order chi connectivity index (χ0) is 23.6. The number of rotatable bonds is 4. The molecule has 3 saturated carbocycles. The van der Waals surface area contributed by atoms with Gasteiger partial charge < -0.3 is 14.9 Å². The molecule has 0 aromatic rings. The van der Waals surface area contributed by atoms with E-state index >= 15 is 0 Å². The Bertz CT molecular complexity index is 902. The molecule has 4 aliphatic carbocycles. The van der Waals surface area contributed by atoms with Crippen LogP contribution in [0.1, 0.15) is 60.3 Å². The predicted molar refractivity (Wildman–Crippen MR) is 118 cm³/mol. The molecule has 0 saturated heterocycles. The number of esters is 1. The van der Waals surface area contributed by atoms with Crippen molar-refractivity contribution in [2.24, 2.45) is 40.4 Å². The van der Waals surface area contributed by atoms with Crippen LogP contribution in [-0.2, 0) is 19.1 Å². The zero-order valence-corrected chi connectivity index (χ0v) is 19.8. The molecule has 2 N–H and O–H groups in total. The summed E-state index contributed by atoms with van der Waals surface area (Å²) in [5.41, 5.74) is -1.74. The summed E-state index contributed by atoms with van der Waals surface area (Å²) < 4.78 is 5.16. The fourth-order valence-corrected chi connectivity index (χ4v) is 7.64. The maximum atomic E-state index is 13.1. The number of carbonyl (C=O) groups is 3. The summed E-state index contributed by atoms with van der Waals surface area (Å²) in [6.07, 6.45) is 6.71. The number of aliphatic hydroxyl groups is 2. The minimum atomic E-state index is -1.63. The van der Waals surface area contributed by atoms with Crippen LogP contribution < -0.4 is 0 Å². The molecule has 32 heavy (non-hydrogen) atoms. The van der Waals surface area contributed by atoms with Crippen molar-refractivity contribution in [3.8, 4) is 0 Å². The van der Waals surface area contributed by atoms with Crippen LogP contribution in [-0.4, -0.2) is 46.1 Å². The highest BCUT2D eigenvalue weighted by Gasteiger charge is 2.68. The van der Waals surface area contributed by atoms with Gasteiger partial charge in [-0.2, -0.15) is 0 Å². The minimum Gasteiger partial charge on any atom is -0.457 e. The van der Waals surface area contributed by atoms with E-state index in [2.05, 4.69) is 13.8 Å². The Hall–Kier alpha value is -1.79. The average molecular weight is 445 g/mol. The fraction of sp³-hybridized carbons (Fsp3) is 0.731. The molecule has 3 fully saturated rings. The lowest BCUT2D eigenvalue weighted by Crippen LogP contribution is -2.62. The average Bonchev–Trinajstić information content (AvgIpc) is 2.98. The Labute approximate surface area is 190 Å².